The predicted molar refractivity (Wildman–Crippen MR) is 55.7 cm³/mol. The highest BCUT2D eigenvalue weighted by atomic mass is 16.3. The van der Waals surface area contributed by atoms with Gasteiger partial charge in [0.1, 0.15) is 0 Å². The average molecular weight is 185 g/mol. The highest BCUT2D eigenvalue weighted by Crippen LogP contribution is 2.39. The largest absolute Gasteiger partial charge is 0.396 e. The molecule has 78 valence electrons. The molecule has 0 radical (unpaired) electrons. The molecule has 2 N–H and O–H groups in total. The summed E-state index contributed by atoms with van der Waals surface area (Å²) >= 11 is 0. The molecule has 0 spiro atoms. The van der Waals surface area contributed by atoms with Crippen LogP contribution in [-0.2, 0) is 0 Å². The molecule has 0 aliphatic heterocycles. The lowest BCUT2D eigenvalue weighted by Gasteiger charge is -2.39. The molecule has 0 aromatic heterocycles. The summed E-state index contributed by atoms with van der Waals surface area (Å²) in [5.41, 5.74) is 0.575. The Bertz CT molecular complexity index is 150. The second-order valence-corrected chi connectivity index (χ2v) is 5.59. The van der Waals surface area contributed by atoms with Gasteiger partial charge in [-0.3, -0.25) is 0 Å². The Morgan fingerprint density at radius 1 is 1.38 bits per heavy atom. The molecule has 0 heterocycles. The number of aliphatic hydroxyl groups excluding tert-OH is 1. The molecule has 1 aliphatic carbocycles. The third kappa shape index (κ3) is 3.28. The van der Waals surface area contributed by atoms with Gasteiger partial charge in [-0.25, -0.2) is 0 Å². The van der Waals surface area contributed by atoms with Gasteiger partial charge in [0, 0.05) is 25.1 Å². The standard InChI is InChI=1S/C11H23NO/c1-10(2,9-13)7-12-8-11(3)5-4-6-11/h12-13H,4-9H2,1-3H3. The van der Waals surface area contributed by atoms with Crippen LogP contribution >= 0.6 is 0 Å². The Morgan fingerprint density at radius 3 is 2.38 bits per heavy atom. The van der Waals surface area contributed by atoms with Gasteiger partial charge in [0.25, 0.3) is 0 Å². The second-order valence-electron chi connectivity index (χ2n) is 5.59. The van der Waals surface area contributed by atoms with Crippen molar-refractivity contribution in [2.24, 2.45) is 10.8 Å². The van der Waals surface area contributed by atoms with Gasteiger partial charge in [-0.15, -0.1) is 0 Å². The summed E-state index contributed by atoms with van der Waals surface area (Å²) < 4.78 is 0. The molecule has 0 amide bonds. The SMILES string of the molecule is CC(C)(CO)CNCC1(C)CCC1. The van der Waals surface area contributed by atoms with E-state index in [1.54, 1.807) is 0 Å². The van der Waals surface area contributed by atoms with E-state index in [1.165, 1.54) is 19.3 Å². The van der Waals surface area contributed by atoms with Gasteiger partial charge in [-0.1, -0.05) is 27.2 Å². The van der Waals surface area contributed by atoms with E-state index in [2.05, 4.69) is 26.1 Å². The normalized spacial score (nSPS) is 21.2. The van der Waals surface area contributed by atoms with Crippen LogP contribution in [0.25, 0.3) is 0 Å². The monoisotopic (exact) mass is 185 g/mol. The van der Waals surface area contributed by atoms with E-state index in [1.807, 2.05) is 0 Å². The highest BCUT2D eigenvalue weighted by molar-refractivity contribution is 4.86. The summed E-state index contributed by atoms with van der Waals surface area (Å²) in [4.78, 5) is 0. The zero-order valence-corrected chi connectivity index (χ0v) is 9.19. The maximum absolute atomic E-state index is 9.05. The third-order valence-corrected chi connectivity index (χ3v) is 3.14. The van der Waals surface area contributed by atoms with E-state index in [4.69, 9.17) is 5.11 Å². The fourth-order valence-electron chi connectivity index (χ4n) is 1.72. The van der Waals surface area contributed by atoms with Crippen molar-refractivity contribution in [3.8, 4) is 0 Å². The van der Waals surface area contributed by atoms with Crippen molar-refractivity contribution in [1.82, 2.24) is 5.32 Å². The van der Waals surface area contributed by atoms with Crippen molar-refractivity contribution in [2.45, 2.75) is 40.0 Å². The maximum Gasteiger partial charge on any atom is 0.0494 e. The molecule has 1 fully saturated rings. The van der Waals surface area contributed by atoms with Gasteiger partial charge in [0.2, 0.25) is 0 Å². The summed E-state index contributed by atoms with van der Waals surface area (Å²) in [6.07, 6.45) is 4.11. The summed E-state index contributed by atoms with van der Waals surface area (Å²) in [6, 6.07) is 0. The summed E-state index contributed by atoms with van der Waals surface area (Å²) in [6.45, 7) is 8.80. The van der Waals surface area contributed by atoms with E-state index in [0.717, 1.165) is 13.1 Å². The minimum atomic E-state index is 0.0279. The van der Waals surface area contributed by atoms with Gasteiger partial charge in [0.05, 0.1) is 0 Å². The van der Waals surface area contributed by atoms with Crippen molar-refractivity contribution in [1.29, 1.82) is 0 Å². The lowest BCUT2D eigenvalue weighted by molar-refractivity contribution is 0.126. The first-order valence-corrected chi connectivity index (χ1v) is 5.29. The molecule has 1 aliphatic rings. The van der Waals surface area contributed by atoms with Gasteiger partial charge < -0.3 is 10.4 Å². The van der Waals surface area contributed by atoms with Crippen molar-refractivity contribution in [2.75, 3.05) is 19.7 Å². The molecule has 0 atom stereocenters. The smallest absolute Gasteiger partial charge is 0.0494 e. The van der Waals surface area contributed by atoms with Gasteiger partial charge in [-0.05, 0) is 18.3 Å². The average Bonchev–Trinajstić information content (AvgIpc) is 2.01. The van der Waals surface area contributed by atoms with Gasteiger partial charge in [0.15, 0.2) is 0 Å². The quantitative estimate of drug-likeness (QED) is 0.684. The zero-order valence-electron chi connectivity index (χ0n) is 9.19. The van der Waals surface area contributed by atoms with Crippen LogP contribution < -0.4 is 5.32 Å². The van der Waals surface area contributed by atoms with Crippen LogP contribution in [0.1, 0.15) is 40.0 Å². The minimum Gasteiger partial charge on any atom is -0.396 e. The molecule has 0 bridgehead atoms. The number of aliphatic hydroxyl groups is 1. The van der Waals surface area contributed by atoms with E-state index in [0.29, 0.717) is 5.41 Å². The lowest BCUT2D eigenvalue weighted by atomic mass is 9.70. The molecular formula is C11H23NO. The van der Waals surface area contributed by atoms with Crippen molar-refractivity contribution < 1.29 is 5.11 Å². The van der Waals surface area contributed by atoms with E-state index in [-0.39, 0.29) is 12.0 Å². The number of rotatable bonds is 5. The Balaban J connectivity index is 2.13. The molecule has 0 saturated heterocycles. The van der Waals surface area contributed by atoms with Crippen molar-refractivity contribution in [3.63, 3.8) is 0 Å². The minimum absolute atomic E-state index is 0.0279. The zero-order chi connectivity index (χ0) is 9.95. The van der Waals surface area contributed by atoms with Crippen molar-refractivity contribution in [3.05, 3.63) is 0 Å². The first-order chi connectivity index (χ1) is 5.97. The molecule has 13 heavy (non-hydrogen) atoms. The number of hydrogen-bond acceptors (Lipinski definition) is 2. The molecule has 1 saturated carbocycles. The second kappa shape index (κ2) is 3.97. The Kier molecular flexibility index (Phi) is 3.36. The summed E-state index contributed by atoms with van der Waals surface area (Å²) in [5, 5.41) is 12.5. The van der Waals surface area contributed by atoms with Gasteiger partial charge in [-0.2, -0.15) is 0 Å². The topological polar surface area (TPSA) is 32.3 Å². The summed E-state index contributed by atoms with van der Waals surface area (Å²) in [5.74, 6) is 0. The lowest BCUT2D eigenvalue weighted by Crippen LogP contribution is -2.41. The van der Waals surface area contributed by atoms with E-state index in [9.17, 15) is 0 Å². The number of nitrogens with one attached hydrogen (secondary N) is 1. The van der Waals surface area contributed by atoms with Crippen LogP contribution in [0, 0.1) is 10.8 Å². The first-order valence-electron chi connectivity index (χ1n) is 5.29. The van der Waals surface area contributed by atoms with Crippen LogP contribution in [0.15, 0.2) is 0 Å². The molecule has 0 aromatic rings. The molecule has 1 rings (SSSR count). The van der Waals surface area contributed by atoms with Crippen LogP contribution in [-0.4, -0.2) is 24.8 Å². The molecule has 2 nitrogen and oxygen atoms in total. The van der Waals surface area contributed by atoms with E-state index >= 15 is 0 Å². The number of hydrogen-bond donors (Lipinski definition) is 2. The Morgan fingerprint density at radius 2 is 2.00 bits per heavy atom. The van der Waals surface area contributed by atoms with Crippen LogP contribution in [0.3, 0.4) is 0 Å². The Hall–Kier alpha value is -0.0800. The van der Waals surface area contributed by atoms with Crippen molar-refractivity contribution >= 4 is 0 Å². The first kappa shape index (κ1) is 11.0. The molecule has 0 aromatic carbocycles. The fraction of sp³-hybridized carbons (Fsp3) is 1.00. The van der Waals surface area contributed by atoms with E-state index < -0.39 is 0 Å². The van der Waals surface area contributed by atoms with Crippen LogP contribution in [0.4, 0.5) is 0 Å². The maximum atomic E-state index is 9.05. The van der Waals surface area contributed by atoms with Crippen LogP contribution in [0.5, 0.6) is 0 Å². The summed E-state index contributed by atoms with van der Waals surface area (Å²) in [7, 11) is 0. The third-order valence-electron chi connectivity index (χ3n) is 3.14. The molecule has 0 unspecified atom stereocenters. The molecular weight excluding hydrogens is 162 g/mol. The Labute approximate surface area is 81.7 Å². The van der Waals surface area contributed by atoms with Gasteiger partial charge >= 0.3 is 0 Å². The van der Waals surface area contributed by atoms with Crippen LogP contribution in [0.2, 0.25) is 0 Å². The highest BCUT2D eigenvalue weighted by Gasteiger charge is 2.31. The fourth-order valence-corrected chi connectivity index (χ4v) is 1.72. The predicted octanol–water partition coefficient (Wildman–Crippen LogP) is 1.78. The molecule has 2 heteroatoms.